The van der Waals surface area contributed by atoms with Gasteiger partial charge in [0.05, 0.1) is 10.7 Å². The Hall–Kier alpha value is -0.770. The fraction of sp³-hybridized carbons (Fsp3) is 0.462. The Balaban J connectivity index is 2.00. The van der Waals surface area contributed by atoms with E-state index in [9.17, 15) is 4.79 Å². The number of carbonyl (C=O) groups excluding carboxylic acids is 1. The summed E-state index contributed by atoms with van der Waals surface area (Å²) in [6.07, 6.45) is 1.57. The first kappa shape index (κ1) is 13.7. The summed E-state index contributed by atoms with van der Waals surface area (Å²) in [4.78, 5) is 11.9. The van der Waals surface area contributed by atoms with Gasteiger partial charge in [0.15, 0.2) is 0 Å². The van der Waals surface area contributed by atoms with Crippen molar-refractivity contribution in [3.8, 4) is 0 Å². The zero-order chi connectivity index (χ0) is 13.1. The Labute approximate surface area is 117 Å². The van der Waals surface area contributed by atoms with Crippen LogP contribution in [0, 0.1) is 12.8 Å². The first-order valence-corrected chi connectivity index (χ1v) is 6.78. The number of halogens is 2. The first-order chi connectivity index (χ1) is 8.56. The predicted octanol–water partition coefficient (Wildman–Crippen LogP) is 3.24. The smallest absolute Gasteiger partial charge is 0.224 e. The Morgan fingerprint density at radius 3 is 2.89 bits per heavy atom. The SMILES string of the molecule is Cc1cc(Cl)c(NC(=O)CC2CCNC2)cc1Cl. The average molecular weight is 287 g/mol. The normalized spacial score (nSPS) is 18.9. The van der Waals surface area contributed by atoms with Gasteiger partial charge in [-0.15, -0.1) is 0 Å². The lowest BCUT2D eigenvalue weighted by atomic mass is 10.0. The maximum Gasteiger partial charge on any atom is 0.224 e. The molecule has 1 unspecified atom stereocenters. The minimum Gasteiger partial charge on any atom is -0.325 e. The molecule has 1 aromatic rings. The maximum atomic E-state index is 11.9. The highest BCUT2D eigenvalue weighted by atomic mass is 35.5. The molecule has 2 N–H and O–H groups in total. The second-order valence-electron chi connectivity index (χ2n) is 4.69. The maximum absolute atomic E-state index is 11.9. The van der Waals surface area contributed by atoms with Crippen molar-refractivity contribution in [3.05, 3.63) is 27.7 Å². The van der Waals surface area contributed by atoms with Crippen molar-refractivity contribution in [2.45, 2.75) is 19.8 Å². The van der Waals surface area contributed by atoms with Crippen molar-refractivity contribution in [2.24, 2.45) is 5.92 Å². The molecule has 0 bridgehead atoms. The van der Waals surface area contributed by atoms with Gasteiger partial charge in [-0.2, -0.15) is 0 Å². The van der Waals surface area contributed by atoms with Crippen LogP contribution < -0.4 is 10.6 Å². The molecular weight excluding hydrogens is 271 g/mol. The number of anilines is 1. The molecule has 98 valence electrons. The average Bonchev–Trinajstić information content (AvgIpc) is 2.78. The zero-order valence-electron chi connectivity index (χ0n) is 10.2. The number of benzene rings is 1. The van der Waals surface area contributed by atoms with Gasteiger partial charge in [0, 0.05) is 11.4 Å². The molecule has 1 fully saturated rings. The molecule has 1 aliphatic rings. The fourth-order valence-electron chi connectivity index (χ4n) is 2.09. The van der Waals surface area contributed by atoms with Crippen LogP contribution in [0.3, 0.4) is 0 Å². The minimum absolute atomic E-state index is 0.00878. The van der Waals surface area contributed by atoms with Gasteiger partial charge in [0.2, 0.25) is 5.91 Å². The van der Waals surface area contributed by atoms with Crippen LogP contribution in [0.1, 0.15) is 18.4 Å². The topological polar surface area (TPSA) is 41.1 Å². The summed E-state index contributed by atoms with van der Waals surface area (Å²) in [5.74, 6) is 0.412. The van der Waals surface area contributed by atoms with Crippen LogP contribution >= 0.6 is 23.2 Å². The molecule has 5 heteroatoms. The number of hydrogen-bond donors (Lipinski definition) is 2. The van der Waals surface area contributed by atoms with E-state index in [4.69, 9.17) is 23.2 Å². The predicted molar refractivity (Wildman–Crippen MR) is 75.4 cm³/mol. The zero-order valence-corrected chi connectivity index (χ0v) is 11.7. The van der Waals surface area contributed by atoms with E-state index >= 15 is 0 Å². The molecule has 2 rings (SSSR count). The molecule has 0 radical (unpaired) electrons. The molecule has 1 aliphatic heterocycles. The lowest BCUT2D eigenvalue weighted by molar-refractivity contribution is -0.116. The van der Waals surface area contributed by atoms with E-state index < -0.39 is 0 Å². The van der Waals surface area contributed by atoms with E-state index in [0.29, 0.717) is 28.1 Å². The largest absolute Gasteiger partial charge is 0.325 e. The Morgan fingerprint density at radius 2 is 2.22 bits per heavy atom. The summed E-state index contributed by atoms with van der Waals surface area (Å²) in [7, 11) is 0. The first-order valence-electron chi connectivity index (χ1n) is 6.02. The van der Waals surface area contributed by atoms with Gasteiger partial charge in [0.1, 0.15) is 0 Å². The summed E-state index contributed by atoms with van der Waals surface area (Å²) in [5, 5.41) is 7.20. The number of rotatable bonds is 3. The molecule has 18 heavy (non-hydrogen) atoms. The lowest BCUT2D eigenvalue weighted by Gasteiger charge is -2.11. The molecule has 0 aromatic heterocycles. The Morgan fingerprint density at radius 1 is 1.44 bits per heavy atom. The molecule has 1 saturated heterocycles. The van der Waals surface area contributed by atoms with E-state index in [2.05, 4.69) is 10.6 Å². The summed E-state index contributed by atoms with van der Waals surface area (Å²) < 4.78 is 0. The number of carbonyl (C=O) groups is 1. The number of aryl methyl sites for hydroxylation is 1. The Kier molecular flexibility index (Phi) is 4.49. The molecule has 3 nitrogen and oxygen atoms in total. The molecule has 0 saturated carbocycles. The van der Waals surface area contributed by atoms with Crippen LogP contribution in [0.5, 0.6) is 0 Å². The van der Waals surface area contributed by atoms with Gasteiger partial charge in [-0.05, 0) is 50.0 Å². The van der Waals surface area contributed by atoms with Gasteiger partial charge < -0.3 is 10.6 Å². The van der Waals surface area contributed by atoms with Gasteiger partial charge in [-0.3, -0.25) is 4.79 Å². The van der Waals surface area contributed by atoms with Crippen LogP contribution in [-0.4, -0.2) is 19.0 Å². The van der Waals surface area contributed by atoms with Crippen LogP contribution in [0.25, 0.3) is 0 Å². The van der Waals surface area contributed by atoms with Gasteiger partial charge in [-0.25, -0.2) is 0 Å². The van der Waals surface area contributed by atoms with Gasteiger partial charge in [-0.1, -0.05) is 23.2 Å². The summed E-state index contributed by atoms with van der Waals surface area (Å²) in [5.41, 5.74) is 1.49. The third-order valence-electron chi connectivity index (χ3n) is 3.16. The number of amides is 1. The highest BCUT2D eigenvalue weighted by molar-refractivity contribution is 6.36. The Bertz CT molecular complexity index is 457. The lowest BCUT2D eigenvalue weighted by Crippen LogP contribution is -2.18. The highest BCUT2D eigenvalue weighted by Crippen LogP contribution is 2.29. The third kappa shape index (κ3) is 3.37. The van der Waals surface area contributed by atoms with Gasteiger partial charge in [0.25, 0.3) is 0 Å². The van der Waals surface area contributed by atoms with Gasteiger partial charge >= 0.3 is 0 Å². The van der Waals surface area contributed by atoms with E-state index in [1.54, 1.807) is 12.1 Å². The highest BCUT2D eigenvalue weighted by Gasteiger charge is 2.18. The van der Waals surface area contributed by atoms with Crippen molar-refractivity contribution in [1.82, 2.24) is 5.32 Å². The van der Waals surface area contributed by atoms with E-state index in [1.165, 1.54) is 0 Å². The van der Waals surface area contributed by atoms with Crippen molar-refractivity contribution in [1.29, 1.82) is 0 Å². The van der Waals surface area contributed by atoms with E-state index in [1.807, 2.05) is 6.92 Å². The van der Waals surface area contributed by atoms with Crippen molar-refractivity contribution >= 4 is 34.8 Å². The van der Waals surface area contributed by atoms with Crippen LogP contribution in [0.2, 0.25) is 10.0 Å². The second kappa shape index (κ2) is 5.91. The fourth-order valence-corrected chi connectivity index (χ4v) is 2.52. The second-order valence-corrected chi connectivity index (χ2v) is 5.51. The number of nitrogens with one attached hydrogen (secondary N) is 2. The van der Waals surface area contributed by atoms with E-state index in [0.717, 1.165) is 25.1 Å². The summed E-state index contributed by atoms with van der Waals surface area (Å²) in [6.45, 7) is 3.79. The van der Waals surface area contributed by atoms with Crippen molar-refractivity contribution < 1.29 is 4.79 Å². The van der Waals surface area contributed by atoms with Crippen molar-refractivity contribution in [2.75, 3.05) is 18.4 Å². The quantitative estimate of drug-likeness (QED) is 0.896. The van der Waals surface area contributed by atoms with E-state index in [-0.39, 0.29) is 5.91 Å². The van der Waals surface area contributed by atoms with Crippen LogP contribution in [-0.2, 0) is 4.79 Å². The molecular formula is C13H16Cl2N2O. The van der Waals surface area contributed by atoms with Crippen LogP contribution in [0.15, 0.2) is 12.1 Å². The molecule has 0 aliphatic carbocycles. The molecule has 1 heterocycles. The number of hydrogen-bond acceptors (Lipinski definition) is 2. The third-order valence-corrected chi connectivity index (χ3v) is 3.88. The molecule has 0 spiro atoms. The summed E-state index contributed by atoms with van der Waals surface area (Å²) in [6, 6.07) is 3.46. The monoisotopic (exact) mass is 286 g/mol. The van der Waals surface area contributed by atoms with Crippen LogP contribution in [0.4, 0.5) is 5.69 Å². The molecule has 1 amide bonds. The minimum atomic E-state index is -0.00878. The van der Waals surface area contributed by atoms with Crippen molar-refractivity contribution in [3.63, 3.8) is 0 Å². The molecule has 1 atom stereocenters. The summed E-state index contributed by atoms with van der Waals surface area (Å²) >= 11 is 12.1. The standard InChI is InChI=1S/C13H16Cl2N2O/c1-8-4-11(15)12(6-10(8)14)17-13(18)5-9-2-3-16-7-9/h4,6,9,16H,2-3,5,7H2,1H3,(H,17,18). The molecule has 1 aromatic carbocycles.